The number of rotatable bonds is 8. The van der Waals surface area contributed by atoms with Crippen LogP contribution in [0.25, 0.3) is 0 Å². The lowest BCUT2D eigenvalue weighted by Crippen LogP contribution is -2.26. The van der Waals surface area contributed by atoms with Crippen LogP contribution in [0.5, 0.6) is 17.2 Å². The topological polar surface area (TPSA) is 78.1 Å². The first-order valence-corrected chi connectivity index (χ1v) is 8.65. The third-order valence-electron chi connectivity index (χ3n) is 3.71. The van der Waals surface area contributed by atoms with Crippen LogP contribution < -0.4 is 25.3 Å². The van der Waals surface area contributed by atoms with Gasteiger partial charge in [0.25, 0.3) is 0 Å². The Morgan fingerprint density at radius 1 is 1.11 bits per heavy atom. The average Bonchev–Trinajstić information content (AvgIpc) is 2.66. The molecule has 0 aliphatic rings. The minimum absolute atomic E-state index is 0. The van der Waals surface area contributed by atoms with Crippen LogP contribution in [0.15, 0.2) is 47.5 Å². The smallest absolute Gasteiger partial charge is 0.193 e. The zero-order chi connectivity index (χ0) is 18.9. The molecule has 0 aliphatic heterocycles. The first-order valence-electron chi connectivity index (χ1n) is 8.27. The van der Waals surface area contributed by atoms with Crippen molar-refractivity contribution >= 4 is 47.2 Å². The quantitative estimate of drug-likeness (QED) is 0.312. The number of nitrogens with two attached hydrogens (primary N) is 1. The Balaban J connectivity index is 0.00000364. The molecule has 0 aliphatic carbocycles. The van der Waals surface area contributed by atoms with Crippen LogP contribution in [-0.4, -0.2) is 32.8 Å². The SMILES string of the molecule is CCC(CN=C(N)Nc1ccc(OC)c(OC)c1)Oc1ccccc1Cl.I. The summed E-state index contributed by atoms with van der Waals surface area (Å²) >= 11 is 6.13. The number of para-hydroxylation sites is 1. The van der Waals surface area contributed by atoms with E-state index in [1.165, 1.54) is 0 Å². The summed E-state index contributed by atoms with van der Waals surface area (Å²) in [6.07, 6.45) is 0.652. The Bertz CT molecular complexity index is 759. The number of ether oxygens (including phenoxy) is 3. The van der Waals surface area contributed by atoms with Gasteiger partial charge < -0.3 is 25.3 Å². The summed E-state index contributed by atoms with van der Waals surface area (Å²) in [6, 6.07) is 12.8. The van der Waals surface area contributed by atoms with E-state index in [4.69, 9.17) is 31.5 Å². The largest absolute Gasteiger partial charge is 0.493 e. The second kappa shape index (κ2) is 11.8. The van der Waals surface area contributed by atoms with Gasteiger partial charge in [0.1, 0.15) is 11.9 Å². The van der Waals surface area contributed by atoms with Gasteiger partial charge in [-0.3, -0.25) is 0 Å². The van der Waals surface area contributed by atoms with E-state index in [1.54, 1.807) is 32.4 Å². The fourth-order valence-electron chi connectivity index (χ4n) is 2.27. The molecular formula is C19H25ClIN3O3. The highest BCUT2D eigenvalue weighted by atomic mass is 127. The van der Waals surface area contributed by atoms with Crippen LogP contribution in [0.2, 0.25) is 5.02 Å². The lowest BCUT2D eigenvalue weighted by Gasteiger charge is -2.17. The van der Waals surface area contributed by atoms with E-state index in [9.17, 15) is 0 Å². The number of guanidine groups is 1. The van der Waals surface area contributed by atoms with E-state index in [-0.39, 0.29) is 30.1 Å². The van der Waals surface area contributed by atoms with Crippen molar-refractivity contribution < 1.29 is 14.2 Å². The van der Waals surface area contributed by atoms with E-state index in [0.29, 0.717) is 34.8 Å². The summed E-state index contributed by atoms with van der Waals surface area (Å²) in [5.74, 6) is 2.19. The summed E-state index contributed by atoms with van der Waals surface area (Å²) in [7, 11) is 3.17. The second-order valence-corrected chi connectivity index (χ2v) is 5.91. The average molecular weight is 506 g/mol. The fourth-order valence-corrected chi connectivity index (χ4v) is 2.45. The molecule has 2 rings (SSSR count). The van der Waals surface area contributed by atoms with Crippen molar-refractivity contribution in [2.45, 2.75) is 19.4 Å². The Morgan fingerprint density at radius 2 is 1.81 bits per heavy atom. The van der Waals surface area contributed by atoms with E-state index in [1.807, 2.05) is 31.2 Å². The number of hydrogen-bond acceptors (Lipinski definition) is 4. The predicted octanol–water partition coefficient (Wildman–Crippen LogP) is 4.56. The number of nitrogens with one attached hydrogen (secondary N) is 1. The fraction of sp³-hybridized carbons (Fsp3) is 0.316. The molecule has 0 fully saturated rings. The van der Waals surface area contributed by atoms with Crippen LogP contribution in [0, 0.1) is 0 Å². The third kappa shape index (κ3) is 6.99. The van der Waals surface area contributed by atoms with Crippen LogP contribution in [-0.2, 0) is 0 Å². The summed E-state index contributed by atoms with van der Waals surface area (Å²) in [4.78, 5) is 4.36. The zero-order valence-electron chi connectivity index (χ0n) is 15.6. The molecule has 1 unspecified atom stereocenters. The van der Waals surface area contributed by atoms with E-state index < -0.39 is 0 Å². The standard InChI is InChI=1S/C19H24ClN3O3.HI/c1-4-14(26-16-8-6-5-7-15(16)20)12-22-19(21)23-13-9-10-17(24-2)18(11-13)25-3;/h5-11,14H,4,12H2,1-3H3,(H3,21,22,23);1H. The Labute approximate surface area is 182 Å². The number of aliphatic imine (C=N–C) groups is 1. The first kappa shape index (κ1) is 23.2. The van der Waals surface area contributed by atoms with Crippen molar-refractivity contribution in [3.05, 3.63) is 47.5 Å². The third-order valence-corrected chi connectivity index (χ3v) is 4.02. The molecule has 1 atom stereocenters. The van der Waals surface area contributed by atoms with E-state index in [2.05, 4.69) is 10.3 Å². The van der Waals surface area contributed by atoms with E-state index >= 15 is 0 Å². The molecule has 2 aromatic carbocycles. The van der Waals surface area contributed by atoms with Gasteiger partial charge in [-0.2, -0.15) is 0 Å². The zero-order valence-corrected chi connectivity index (χ0v) is 18.7. The van der Waals surface area contributed by atoms with Crippen molar-refractivity contribution in [1.82, 2.24) is 0 Å². The molecule has 0 amide bonds. The van der Waals surface area contributed by atoms with E-state index in [0.717, 1.165) is 12.1 Å². The molecule has 3 N–H and O–H groups in total. The van der Waals surface area contributed by atoms with Crippen molar-refractivity contribution in [3.63, 3.8) is 0 Å². The van der Waals surface area contributed by atoms with Crippen LogP contribution in [0.3, 0.4) is 0 Å². The Morgan fingerprint density at radius 3 is 2.44 bits per heavy atom. The van der Waals surface area contributed by atoms with Gasteiger partial charge in [-0.25, -0.2) is 4.99 Å². The van der Waals surface area contributed by atoms with Crippen molar-refractivity contribution in [2.75, 3.05) is 26.1 Å². The molecule has 0 saturated heterocycles. The molecular weight excluding hydrogens is 481 g/mol. The normalized spacial score (nSPS) is 11.9. The van der Waals surface area contributed by atoms with Crippen LogP contribution >= 0.6 is 35.6 Å². The van der Waals surface area contributed by atoms with Crippen LogP contribution in [0.4, 0.5) is 5.69 Å². The highest BCUT2D eigenvalue weighted by Gasteiger charge is 2.10. The lowest BCUT2D eigenvalue weighted by atomic mass is 10.2. The maximum absolute atomic E-state index is 6.13. The summed E-state index contributed by atoms with van der Waals surface area (Å²) in [5.41, 5.74) is 6.73. The number of halogens is 2. The maximum atomic E-state index is 6.13. The molecule has 0 bridgehead atoms. The minimum atomic E-state index is -0.124. The molecule has 0 spiro atoms. The van der Waals surface area contributed by atoms with Crippen LogP contribution in [0.1, 0.15) is 13.3 Å². The molecule has 0 aromatic heterocycles. The molecule has 0 heterocycles. The highest BCUT2D eigenvalue weighted by Crippen LogP contribution is 2.29. The molecule has 0 saturated carbocycles. The molecule has 6 nitrogen and oxygen atoms in total. The monoisotopic (exact) mass is 505 g/mol. The van der Waals surface area contributed by atoms with Gasteiger partial charge in [0.05, 0.1) is 25.8 Å². The van der Waals surface area contributed by atoms with Crippen molar-refractivity contribution in [1.29, 1.82) is 0 Å². The molecule has 0 radical (unpaired) electrons. The van der Waals surface area contributed by atoms with Gasteiger partial charge in [-0.15, -0.1) is 24.0 Å². The summed E-state index contributed by atoms with van der Waals surface area (Å²) in [6.45, 7) is 2.43. The number of nitrogens with zero attached hydrogens (tertiary/aromatic N) is 1. The van der Waals surface area contributed by atoms with Gasteiger partial charge in [0, 0.05) is 11.8 Å². The predicted molar refractivity (Wildman–Crippen MR) is 121 cm³/mol. The number of benzene rings is 2. The van der Waals surface area contributed by atoms with Gasteiger partial charge in [-0.05, 0) is 30.7 Å². The maximum Gasteiger partial charge on any atom is 0.193 e. The molecule has 148 valence electrons. The Kier molecular flexibility index (Phi) is 10.1. The second-order valence-electron chi connectivity index (χ2n) is 5.50. The van der Waals surface area contributed by atoms with Crippen molar-refractivity contribution in [3.8, 4) is 17.2 Å². The highest BCUT2D eigenvalue weighted by molar-refractivity contribution is 14.0. The number of anilines is 1. The summed E-state index contributed by atoms with van der Waals surface area (Å²) in [5, 5.41) is 3.61. The Hall–Kier alpha value is -1.87. The van der Waals surface area contributed by atoms with Gasteiger partial charge in [-0.1, -0.05) is 30.7 Å². The molecule has 2 aromatic rings. The molecule has 8 heteroatoms. The lowest BCUT2D eigenvalue weighted by molar-refractivity contribution is 0.206. The minimum Gasteiger partial charge on any atom is -0.493 e. The molecule has 27 heavy (non-hydrogen) atoms. The first-order chi connectivity index (χ1) is 12.6. The van der Waals surface area contributed by atoms with Gasteiger partial charge in [0.2, 0.25) is 0 Å². The van der Waals surface area contributed by atoms with Crippen molar-refractivity contribution in [2.24, 2.45) is 10.7 Å². The number of hydrogen-bond donors (Lipinski definition) is 2. The summed E-state index contributed by atoms with van der Waals surface area (Å²) < 4.78 is 16.4. The van der Waals surface area contributed by atoms with Gasteiger partial charge in [0.15, 0.2) is 17.5 Å². The number of methoxy groups -OCH3 is 2. The van der Waals surface area contributed by atoms with Gasteiger partial charge >= 0.3 is 0 Å².